The molecule has 3 aliphatic heterocycles. The summed E-state index contributed by atoms with van der Waals surface area (Å²) in [6.45, 7) is 9.30. The molecule has 3 aliphatic rings. The van der Waals surface area contributed by atoms with Crippen molar-refractivity contribution in [1.29, 1.82) is 5.41 Å². The molecule has 2 saturated heterocycles. The van der Waals surface area contributed by atoms with Crippen LogP contribution in [-0.4, -0.2) is 147 Å². The summed E-state index contributed by atoms with van der Waals surface area (Å²) in [5, 5.41) is 30.8. The fourth-order valence-electron chi connectivity index (χ4n) is 8.59. The third kappa shape index (κ3) is 13.1. The molecule has 22 nitrogen and oxygen atoms in total. The van der Waals surface area contributed by atoms with Crippen LogP contribution in [0.25, 0.3) is 26.4 Å². The Morgan fingerprint density at radius 3 is 2.36 bits per heavy atom. The number of benzene rings is 3. The molecule has 0 spiro atoms. The monoisotopic (exact) mass is 1050 g/mol. The zero-order chi connectivity index (χ0) is 53.4. The normalized spacial score (nSPS) is 16.2. The summed E-state index contributed by atoms with van der Waals surface area (Å²) in [5.41, 5.74) is 2.62. The molecule has 7 N–H and O–H groups in total. The zero-order valence-electron chi connectivity index (χ0n) is 41.8. The number of rotatable bonds is 19. The number of aromatic nitrogens is 2. The fourth-order valence-corrected chi connectivity index (χ4v) is 9.63. The molecule has 23 heteroatoms. The molecule has 3 aromatic carbocycles. The van der Waals surface area contributed by atoms with E-state index in [1.54, 1.807) is 49.1 Å². The van der Waals surface area contributed by atoms with Gasteiger partial charge in [-0.25, -0.2) is 9.78 Å². The Labute approximate surface area is 435 Å². The van der Waals surface area contributed by atoms with Crippen LogP contribution in [0.3, 0.4) is 0 Å². The maximum atomic E-state index is 13.2. The van der Waals surface area contributed by atoms with Crippen LogP contribution >= 0.6 is 11.3 Å². The number of imide groups is 2. The number of anilines is 1. The first kappa shape index (κ1) is 53.1. The van der Waals surface area contributed by atoms with E-state index in [4.69, 9.17) is 19.9 Å². The van der Waals surface area contributed by atoms with Gasteiger partial charge in [0.05, 0.1) is 27.0 Å². The number of nitrogens with one attached hydrogen (secondary N) is 6. The number of hydrogen-bond donors (Lipinski definition) is 7. The number of amides is 9. The maximum absolute atomic E-state index is 13.2. The number of nitrogens with zero attached hydrogens (tertiary/aromatic N) is 5. The van der Waals surface area contributed by atoms with Gasteiger partial charge in [0.25, 0.3) is 17.7 Å². The number of carbonyl (C=O) groups is 8. The molecule has 5 heterocycles. The van der Waals surface area contributed by atoms with Crippen LogP contribution in [0.4, 0.5) is 10.5 Å². The Hall–Kier alpha value is -8.18. The predicted octanol–water partition coefficient (Wildman–Crippen LogP) is 4.60. The molecule has 0 radical (unpaired) electrons. The van der Waals surface area contributed by atoms with Gasteiger partial charge in [-0.15, -0.1) is 0 Å². The number of ether oxygens (including phenoxy) is 2. The van der Waals surface area contributed by atoms with Gasteiger partial charge in [0, 0.05) is 94.0 Å². The molecule has 5 aromatic rings. The highest BCUT2D eigenvalue weighted by Crippen LogP contribution is 2.35. The van der Waals surface area contributed by atoms with Crippen LogP contribution in [0.15, 0.2) is 78.7 Å². The lowest BCUT2D eigenvalue weighted by molar-refractivity contribution is -0.136. The average molecular weight is 1050 g/mol. The molecule has 2 fully saturated rings. The van der Waals surface area contributed by atoms with E-state index in [0.29, 0.717) is 70.9 Å². The number of allylic oxidation sites excluding steroid dienone is 1. The molecule has 2 aromatic heterocycles. The second-order valence-electron chi connectivity index (χ2n) is 19.3. The van der Waals surface area contributed by atoms with E-state index in [2.05, 4.69) is 31.5 Å². The standard InChI is InChI=1S/C52H59N11O11S/c1-52(2,3)40(64)28-41(53)58-50(72)56-32-11-9-31(10-12-32)35-29-62-36-14-13-33(27-39(36)75-51(62)57-35)73-26-25-60-21-23-61(24-22-60)45(68)18-17-42(65)54-19-4-5-20-55-44(67)30-74-38-8-6-7-34-46(38)49(71)63(48(34)70)37-15-16-43(66)59-47(37)69/h6-14,27-29,37,64H,4-5,15-26,30H2,1-3H3,(H,54,65)(H,55,67)(H,59,66,69)(H3,53,56,58,72)/b40-28-. The number of thiazole rings is 1. The molecule has 1 atom stereocenters. The van der Waals surface area contributed by atoms with Crippen molar-refractivity contribution in [2.24, 2.45) is 5.41 Å². The van der Waals surface area contributed by atoms with Gasteiger partial charge in [0.1, 0.15) is 35.7 Å². The third-order valence-corrected chi connectivity index (χ3v) is 13.8. The van der Waals surface area contributed by atoms with Crippen molar-refractivity contribution in [3.63, 3.8) is 0 Å². The van der Waals surface area contributed by atoms with Gasteiger partial charge in [-0.1, -0.05) is 50.3 Å². The van der Waals surface area contributed by atoms with Crippen LogP contribution in [0.1, 0.15) is 80.0 Å². The Morgan fingerprint density at radius 2 is 1.64 bits per heavy atom. The van der Waals surface area contributed by atoms with E-state index in [-0.39, 0.29) is 66.0 Å². The lowest BCUT2D eigenvalue weighted by atomic mass is 9.93. The van der Waals surface area contributed by atoms with Gasteiger partial charge in [-0.3, -0.25) is 63.8 Å². The minimum atomic E-state index is -1.12. The van der Waals surface area contributed by atoms with Crippen LogP contribution in [-0.2, 0) is 24.0 Å². The molecular weight excluding hydrogens is 987 g/mol. The van der Waals surface area contributed by atoms with E-state index in [0.717, 1.165) is 37.1 Å². The summed E-state index contributed by atoms with van der Waals surface area (Å²) < 4.78 is 14.8. The maximum Gasteiger partial charge on any atom is 0.324 e. The average Bonchev–Trinajstić information content (AvgIpc) is 4.03. The van der Waals surface area contributed by atoms with E-state index in [1.165, 1.54) is 24.3 Å². The number of hydrogen-bond acceptors (Lipinski definition) is 15. The van der Waals surface area contributed by atoms with Crippen molar-refractivity contribution in [1.82, 2.24) is 45.4 Å². The van der Waals surface area contributed by atoms with Gasteiger partial charge >= 0.3 is 6.03 Å². The summed E-state index contributed by atoms with van der Waals surface area (Å²) in [4.78, 5) is 111. The number of imidazole rings is 1. The van der Waals surface area contributed by atoms with Gasteiger partial charge in [-0.05, 0) is 61.7 Å². The summed E-state index contributed by atoms with van der Waals surface area (Å²) in [5.74, 6) is -2.84. The Morgan fingerprint density at radius 1 is 0.907 bits per heavy atom. The van der Waals surface area contributed by atoms with Crippen molar-refractivity contribution < 1.29 is 52.9 Å². The van der Waals surface area contributed by atoms with Crippen LogP contribution < -0.4 is 36.1 Å². The van der Waals surface area contributed by atoms with Crippen LogP contribution in [0.2, 0.25) is 0 Å². The number of aliphatic hydroxyl groups is 1. The van der Waals surface area contributed by atoms with Crippen molar-refractivity contribution >= 4 is 85.4 Å². The molecule has 394 valence electrons. The van der Waals surface area contributed by atoms with Crippen LogP contribution in [0, 0.1) is 10.8 Å². The van der Waals surface area contributed by atoms with Crippen molar-refractivity contribution in [2.75, 3.05) is 64.3 Å². The molecule has 9 amide bonds. The van der Waals surface area contributed by atoms with Crippen molar-refractivity contribution in [3.05, 3.63) is 89.8 Å². The van der Waals surface area contributed by atoms with Gasteiger partial charge in [0.15, 0.2) is 11.6 Å². The highest BCUT2D eigenvalue weighted by atomic mass is 32.1. The lowest BCUT2D eigenvalue weighted by Gasteiger charge is -2.34. The number of amidine groups is 1. The van der Waals surface area contributed by atoms with Crippen LogP contribution in [0.5, 0.6) is 11.5 Å². The van der Waals surface area contributed by atoms with Crippen molar-refractivity contribution in [2.45, 2.75) is 65.3 Å². The van der Waals surface area contributed by atoms with E-state index in [9.17, 15) is 43.5 Å². The second kappa shape index (κ2) is 23.4. The van der Waals surface area contributed by atoms with E-state index in [1.807, 2.05) is 40.9 Å². The molecule has 0 bridgehead atoms. The first-order chi connectivity index (χ1) is 35.9. The summed E-state index contributed by atoms with van der Waals surface area (Å²) in [7, 11) is 0. The first-order valence-electron chi connectivity index (χ1n) is 24.7. The van der Waals surface area contributed by atoms with E-state index < -0.39 is 53.6 Å². The second-order valence-corrected chi connectivity index (χ2v) is 20.3. The minimum Gasteiger partial charge on any atom is -0.512 e. The molecule has 75 heavy (non-hydrogen) atoms. The molecule has 8 rings (SSSR count). The summed E-state index contributed by atoms with van der Waals surface area (Å²) in [6, 6.07) is 15.8. The Balaban J connectivity index is 0.672. The number of unbranched alkanes of at least 4 members (excludes halogenated alkanes) is 1. The number of piperazine rings is 1. The topological polar surface area (TPSA) is 286 Å². The third-order valence-electron chi connectivity index (χ3n) is 12.8. The number of fused-ring (bicyclic) bond motifs is 4. The summed E-state index contributed by atoms with van der Waals surface area (Å²) in [6.07, 6.45) is 4.49. The number of aliphatic hydroxyl groups excluding tert-OH is 1. The predicted molar refractivity (Wildman–Crippen MR) is 278 cm³/mol. The highest BCUT2D eigenvalue weighted by molar-refractivity contribution is 7.23. The molecule has 0 saturated carbocycles. The SMILES string of the molecule is CC(C)(C)/C(O)=C/C(=N)NC(=O)Nc1ccc(-c2cn3c(n2)sc2cc(OCCN4CCN(C(=O)CCC(=O)NCCCCNC(=O)COc5cccc6c5C(=O)N(C5CCC(=O)NC5=O)C6=O)CC4)ccc23)cc1. The van der Waals surface area contributed by atoms with Gasteiger partial charge in [-0.2, -0.15) is 0 Å². The molecular formula is C52H59N11O11S. The number of carbonyl (C=O) groups excluding carboxylic acids is 8. The highest BCUT2D eigenvalue weighted by Gasteiger charge is 2.46. The lowest BCUT2D eigenvalue weighted by Crippen LogP contribution is -2.54. The zero-order valence-corrected chi connectivity index (χ0v) is 42.6. The quantitative estimate of drug-likeness (QED) is 0.0196. The Bertz CT molecular complexity index is 3080. The first-order valence-corrected chi connectivity index (χ1v) is 25.5. The largest absolute Gasteiger partial charge is 0.512 e. The fraction of sp³-hybridized carbons (Fsp3) is 0.385. The van der Waals surface area contributed by atoms with E-state index >= 15 is 0 Å². The smallest absolute Gasteiger partial charge is 0.324 e. The minimum absolute atomic E-state index is 0.00697. The summed E-state index contributed by atoms with van der Waals surface area (Å²) >= 11 is 1.55. The molecule has 1 unspecified atom stereocenters. The van der Waals surface area contributed by atoms with Gasteiger partial charge in [0.2, 0.25) is 23.6 Å². The van der Waals surface area contributed by atoms with Crippen molar-refractivity contribution in [3.8, 4) is 22.8 Å². The number of urea groups is 1. The number of piperidine rings is 1. The Kier molecular flexibility index (Phi) is 16.5. The van der Waals surface area contributed by atoms with Gasteiger partial charge < -0.3 is 35.4 Å². The molecule has 0 aliphatic carbocycles.